The highest BCUT2D eigenvalue weighted by Crippen LogP contribution is 2.29. The zero-order valence-electron chi connectivity index (χ0n) is 11.8. The fourth-order valence-corrected chi connectivity index (χ4v) is 2.08. The molecule has 0 bridgehead atoms. The van der Waals surface area contributed by atoms with Gasteiger partial charge in [0.05, 0.1) is 0 Å². The summed E-state index contributed by atoms with van der Waals surface area (Å²) in [4.78, 5) is 4.36. The first kappa shape index (κ1) is 15.0. The molecule has 0 radical (unpaired) electrons. The third-order valence-corrected chi connectivity index (χ3v) is 3.89. The Bertz CT molecular complexity index is 581. The highest BCUT2D eigenvalue weighted by atomic mass is 35.5. The minimum absolute atomic E-state index is 0.324. The lowest BCUT2D eigenvalue weighted by Gasteiger charge is -2.21. The number of hydrogen-bond donors (Lipinski definition) is 1. The molecule has 1 aromatic carbocycles. The largest absolute Gasteiger partial charge is 0.370 e. The summed E-state index contributed by atoms with van der Waals surface area (Å²) in [5.41, 5.74) is 6.30. The summed E-state index contributed by atoms with van der Waals surface area (Å²) >= 11 is 6.13. The zero-order valence-corrected chi connectivity index (χ0v) is 12.5. The second kappa shape index (κ2) is 5.91. The Balaban J connectivity index is 2.32. The predicted octanol–water partition coefficient (Wildman–Crippen LogP) is 3.04. The van der Waals surface area contributed by atoms with Gasteiger partial charge in [-0.3, -0.25) is 0 Å². The SMILES string of the molecule is CCC(C)(OC)c1noc([C@H](N)c2ccccc2Cl)n1. The van der Waals surface area contributed by atoms with Crippen LogP contribution in [0.1, 0.15) is 43.6 Å². The van der Waals surface area contributed by atoms with Crippen molar-refractivity contribution in [2.45, 2.75) is 31.9 Å². The normalized spacial score (nSPS) is 15.8. The van der Waals surface area contributed by atoms with Crippen LogP contribution in [-0.4, -0.2) is 17.3 Å². The summed E-state index contributed by atoms with van der Waals surface area (Å²) in [6, 6.07) is 6.77. The first-order chi connectivity index (χ1) is 9.51. The fraction of sp³-hybridized carbons (Fsp3) is 0.429. The summed E-state index contributed by atoms with van der Waals surface area (Å²) in [6.07, 6.45) is 0.726. The van der Waals surface area contributed by atoms with Crippen LogP contribution in [0, 0.1) is 0 Å². The lowest BCUT2D eigenvalue weighted by Crippen LogP contribution is -2.25. The van der Waals surface area contributed by atoms with E-state index in [1.54, 1.807) is 13.2 Å². The van der Waals surface area contributed by atoms with Gasteiger partial charge in [-0.25, -0.2) is 0 Å². The van der Waals surface area contributed by atoms with Gasteiger partial charge in [0.15, 0.2) is 0 Å². The number of rotatable bonds is 5. The first-order valence-electron chi connectivity index (χ1n) is 6.41. The van der Waals surface area contributed by atoms with Crippen molar-refractivity contribution in [3.63, 3.8) is 0 Å². The lowest BCUT2D eigenvalue weighted by molar-refractivity contribution is -0.0106. The summed E-state index contributed by atoms with van der Waals surface area (Å²) in [5.74, 6) is 0.810. The molecule has 0 aliphatic carbocycles. The first-order valence-corrected chi connectivity index (χ1v) is 6.79. The van der Waals surface area contributed by atoms with E-state index in [0.29, 0.717) is 16.7 Å². The molecule has 2 aromatic rings. The summed E-state index contributed by atoms with van der Waals surface area (Å²) < 4.78 is 10.7. The van der Waals surface area contributed by atoms with Gasteiger partial charge in [0.1, 0.15) is 11.6 Å². The van der Waals surface area contributed by atoms with Crippen molar-refractivity contribution >= 4 is 11.6 Å². The Labute approximate surface area is 123 Å². The van der Waals surface area contributed by atoms with Crippen LogP contribution in [0.3, 0.4) is 0 Å². The van der Waals surface area contributed by atoms with Crippen LogP contribution in [-0.2, 0) is 10.3 Å². The lowest BCUT2D eigenvalue weighted by atomic mass is 10.0. The van der Waals surface area contributed by atoms with E-state index < -0.39 is 11.6 Å². The van der Waals surface area contributed by atoms with Gasteiger partial charge in [-0.15, -0.1) is 0 Å². The van der Waals surface area contributed by atoms with Crippen LogP contribution in [0.4, 0.5) is 0 Å². The van der Waals surface area contributed by atoms with Gasteiger partial charge < -0.3 is 15.0 Å². The number of nitrogens with zero attached hydrogens (tertiary/aromatic N) is 2. The van der Waals surface area contributed by atoms with Crippen molar-refractivity contribution < 1.29 is 9.26 Å². The molecule has 0 saturated heterocycles. The Hall–Kier alpha value is -1.43. The number of aromatic nitrogens is 2. The van der Waals surface area contributed by atoms with E-state index in [4.69, 9.17) is 26.6 Å². The van der Waals surface area contributed by atoms with Gasteiger partial charge in [-0.1, -0.05) is 41.9 Å². The van der Waals surface area contributed by atoms with E-state index in [0.717, 1.165) is 12.0 Å². The van der Waals surface area contributed by atoms with E-state index in [9.17, 15) is 0 Å². The number of hydrogen-bond acceptors (Lipinski definition) is 5. The van der Waals surface area contributed by atoms with Crippen LogP contribution >= 0.6 is 11.6 Å². The van der Waals surface area contributed by atoms with Crippen molar-refractivity contribution in [3.05, 3.63) is 46.6 Å². The molecule has 6 heteroatoms. The number of halogens is 1. The molecule has 5 nitrogen and oxygen atoms in total. The van der Waals surface area contributed by atoms with Crippen LogP contribution in [0.25, 0.3) is 0 Å². The number of benzene rings is 1. The van der Waals surface area contributed by atoms with Gasteiger partial charge in [-0.2, -0.15) is 4.98 Å². The van der Waals surface area contributed by atoms with Crippen molar-refractivity contribution in [3.8, 4) is 0 Å². The zero-order chi connectivity index (χ0) is 14.8. The molecule has 0 spiro atoms. The van der Waals surface area contributed by atoms with Crippen molar-refractivity contribution in [2.75, 3.05) is 7.11 Å². The topological polar surface area (TPSA) is 74.2 Å². The van der Waals surface area contributed by atoms with E-state index in [-0.39, 0.29) is 0 Å². The quantitative estimate of drug-likeness (QED) is 0.917. The Morgan fingerprint density at radius 2 is 2.15 bits per heavy atom. The van der Waals surface area contributed by atoms with Crippen LogP contribution in [0.5, 0.6) is 0 Å². The molecule has 0 amide bonds. The minimum Gasteiger partial charge on any atom is -0.370 e. The second-order valence-corrected chi connectivity index (χ2v) is 5.15. The molecule has 0 saturated carbocycles. The smallest absolute Gasteiger partial charge is 0.248 e. The molecule has 2 N–H and O–H groups in total. The molecule has 0 aliphatic heterocycles. The fourth-order valence-electron chi connectivity index (χ4n) is 1.83. The summed E-state index contributed by atoms with van der Waals surface area (Å²) in [6.45, 7) is 3.90. The Kier molecular flexibility index (Phi) is 4.42. The maximum absolute atomic E-state index is 6.14. The number of methoxy groups -OCH3 is 1. The molecule has 2 atom stereocenters. The maximum Gasteiger partial charge on any atom is 0.248 e. The number of nitrogens with two attached hydrogens (primary N) is 1. The average Bonchev–Trinajstić information content (AvgIpc) is 2.96. The molecule has 2 rings (SSSR count). The molecule has 108 valence electrons. The van der Waals surface area contributed by atoms with Gasteiger partial charge in [0.25, 0.3) is 0 Å². The van der Waals surface area contributed by atoms with Crippen LogP contribution in [0.2, 0.25) is 5.02 Å². The Morgan fingerprint density at radius 3 is 2.75 bits per heavy atom. The second-order valence-electron chi connectivity index (χ2n) is 4.74. The molecular weight excluding hydrogens is 278 g/mol. The Morgan fingerprint density at radius 1 is 1.45 bits per heavy atom. The van der Waals surface area contributed by atoms with Gasteiger partial charge in [0, 0.05) is 12.1 Å². The summed E-state index contributed by atoms with van der Waals surface area (Å²) in [5, 5.41) is 4.55. The molecule has 1 unspecified atom stereocenters. The highest BCUT2D eigenvalue weighted by Gasteiger charge is 2.31. The molecule has 0 aliphatic rings. The summed E-state index contributed by atoms with van der Waals surface area (Å²) in [7, 11) is 1.62. The molecule has 20 heavy (non-hydrogen) atoms. The monoisotopic (exact) mass is 295 g/mol. The van der Waals surface area contributed by atoms with Crippen LogP contribution < -0.4 is 5.73 Å². The molecule has 1 aromatic heterocycles. The van der Waals surface area contributed by atoms with Crippen molar-refractivity contribution in [2.24, 2.45) is 5.73 Å². The van der Waals surface area contributed by atoms with Gasteiger partial charge in [0.2, 0.25) is 11.7 Å². The molecule has 1 heterocycles. The van der Waals surface area contributed by atoms with E-state index in [1.807, 2.05) is 32.0 Å². The average molecular weight is 296 g/mol. The van der Waals surface area contributed by atoms with Gasteiger partial charge >= 0.3 is 0 Å². The molecular formula is C14H18ClN3O2. The van der Waals surface area contributed by atoms with Gasteiger partial charge in [-0.05, 0) is 25.0 Å². The standard InChI is InChI=1S/C14H18ClN3O2/c1-4-14(2,19-3)13-17-12(20-18-13)11(16)9-7-5-6-8-10(9)15/h5-8,11H,4,16H2,1-3H3/t11-,14?/m1/s1. The third kappa shape index (κ3) is 2.70. The maximum atomic E-state index is 6.14. The third-order valence-electron chi connectivity index (χ3n) is 3.55. The molecule has 0 fully saturated rings. The van der Waals surface area contributed by atoms with E-state index in [1.165, 1.54) is 0 Å². The van der Waals surface area contributed by atoms with Crippen molar-refractivity contribution in [1.82, 2.24) is 10.1 Å². The number of ether oxygens (including phenoxy) is 1. The van der Waals surface area contributed by atoms with E-state index in [2.05, 4.69) is 10.1 Å². The predicted molar refractivity (Wildman–Crippen MR) is 76.4 cm³/mol. The van der Waals surface area contributed by atoms with Crippen LogP contribution in [0.15, 0.2) is 28.8 Å². The minimum atomic E-state index is -0.581. The highest BCUT2D eigenvalue weighted by molar-refractivity contribution is 6.31. The van der Waals surface area contributed by atoms with E-state index >= 15 is 0 Å². The van der Waals surface area contributed by atoms with Crippen molar-refractivity contribution in [1.29, 1.82) is 0 Å².